The van der Waals surface area contributed by atoms with Gasteiger partial charge in [-0.1, -0.05) is 26.7 Å². The Morgan fingerprint density at radius 2 is 1.95 bits per heavy atom. The Hall–Kier alpha value is -0.120. The van der Waals surface area contributed by atoms with Crippen molar-refractivity contribution in [3.8, 4) is 0 Å². The van der Waals surface area contributed by atoms with E-state index in [1.54, 1.807) is 0 Å². The highest BCUT2D eigenvalue weighted by atomic mass is 15.2. The zero-order valence-corrected chi connectivity index (χ0v) is 13.4. The molecule has 112 valence electrons. The summed E-state index contributed by atoms with van der Waals surface area (Å²) in [5.41, 5.74) is 0.561. The summed E-state index contributed by atoms with van der Waals surface area (Å²) >= 11 is 0. The topological polar surface area (TPSA) is 18.5 Å². The fourth-order valence-corrected chi connectivity index (χ4v) is 3.79. The Morgan fingerprint density at radius 1 is 1.26 bits per heavy atom. The van der Waals surface area contributed by atoms with Gasteiger partial charge < -0.3 is 15.1 Å². The van der Waals surface area contributed by atoms with Gasteiger partial charge in [0.05, 0.1) is 0 Å². The molecule has 1 saturated heterocycles. The monoisotopic (exact) mass is 267 g/mol. The molecular weight excluding hydrogens is 234 g/mol. The molecular formula is C16H33N3. The standard InChI is InChI=1S/C16H33N3/c1-14(2)17-12-16(8-5-6-9-16)13-19-10-7-15(11-19)18(3)4/h14-15,17H,5-13H2,1-4H3. The SMILES string of the molecule is CC(C)NCC1(CN2CCC(N(C)C)C2)CCCC1. The van der Waals surface area contributed by atoms with Crippen LogP contribution in [0.3, 0.4) is 0 Å². The van der Waals surface area contributed by atoms with Gasteiger partial charge in [-0.25, -0.2) is 0 Å². The summed E-state index contributed by atoms with van der Waals surface area (Å²) in [5.74, 6) is 0. The summed E-state index contributed by atoms with van der Waals surface area (Å²) in [5, 5.41) is 3.70. The van der Waals surface area contributed by atoms with Crippen molar-refractivity contribution in [2.45, 2.75) is 58.0 Å². The minimum atomic E-state index is 0.561. The average Bonchev–Trinajstić information content (AvgIpc) is 2.97. The summed E-state index contributed by atoms with van der Waals surface area (Å²) < 4.78 is 0. The van der Waals surface area contributed by atoms with Crippen molar-refractivity contribution < 1.29 is 0 Å². The van der Waals surface area contributed by atoms with Crippen LogP contribution in [0.25, 0.3) is 0 Å². The Kier molecular flexibility index (Phi) is 5.27. The molecule has 1 atom stereocenters. The van der Waals surface area contributed by atoms with Gasteiger partial charge in [-0.05, 0) is 45.3 Å². The number of nitrogens with zero attached hydrogens (tertiary/aromatic N) is 2. The molecule has 2 aliphatic rings. The molecule has 2 rings (SSSR count). The predicted octanol–water partition coefficient (Wildman–Crippen LogP) is 2.18. The normalized spacial score (nSPS) is 27.8. The fraction of sp³-hybridized carbons (Fsp3) is 1.00. The molecule has 1 heterocycles. The lowest BCUT2D eigenvalue weighted by molar-refractivity contribution is 0.160. The van der Waals surface area contributed by atoms with Gasteiger partial charge in [0.1, 0.15) is 0 Å². The smallest absolute Gasteiger partial charge is 0.0229 e. The maximum Gasteiger partial charge on any atom is 0.0229 e. The third kappa shape index (κ3) is 4.17. The number of likely N-dealkylation sites (tertiary alicyclic amines) is 1. The molecule has 2 fully saturated rings. The van der Waals surface area contributed by atoms with Crippen molar-refractivity contribution in [2.24, 2.45) is 5.41 Å². The van der Waals surface area contributed by atoms with E-state index in [9.17, 15) is 0 Å². The van der Waals surface area contributed by atoms with Gasteiger partial charge in [-0.3, -0.25) is 0 Å². The Bertz CT molecular complexity index is 269. The quantitative estimate of drug-likeness (QED) is 0.796. The average molecular weight is 267 g/mol. The van der Waals surface area contributed by atoms with E-state index in [4.69, 9.17) is 0 Å². The van der Waals surface area contributed by atoms with E-state index >= 15 is 0 Å². The minimum absolute atomic E-state index is 0.561. The van der Waals surface area contributed by atoms with Crippen LogP contribution in [0.2, 0.25) is 0 Å². The second-order valence-electron chi connectivity index (χ2n) is 7.38. The van der Waals surface area contributed by atoms with E-state index in [2.05, 4.69) is 43.1 Å². The second kappa shape index (κ2) is 6.55. The zero-order chi connectivity index (χ0) is 13.9. The third-order valence-electron chi connectivity index (χ3n) is 5.09. The van der Waals surface area contributed by atoms with Gasteiger partial charge >= 0.3 is 0 Å². The Balaban J connectivity index is 1.87. The molecule has 3 heteroatoms. The van der Waals surface area contributed by atoms with Crippen LogP contribution < -0.4 is 5.32 Å². The van der Waals surface area contributed by atoms with Crippen molar-refractivity contribution in [3.63, 3.8) is 0 Å². The summed E-state index contributed by atoms with van der Waals surface area (Å²) in [6, 6.07) is 1.39. The molecule has 0 aromatic heterocycles. The molecule has 0 radical (unpaired) electrons. The number of hydrogen-bond donors (Lipinski definition) is 1. The largest absolute Gasteiger partial charge is 0.314 e. The first-order valence-electron chi connectivity index (χ1n) is 8.13. The molecule has 1 N–H and O–H groups in total. The lowest BCUT2D eigenvalue weighted by Gasteiger charge is -2.35. The third-order valence-corrected chi connectivity index (χ3v) is 5.09. The molecule has 3 nitrogen and oxygen atoms in total. The minimum Gasteiger partial charge on any atom is -0.314 e. The summed E-state index contributed by atoms with van der Waals surface area (Å²) in [6.07, 6.45) is 7.07. The van der Waals surface area contributed by atoms with E-state index in [-0.39, 0.29) is 0 Å². The van der Waals surface area contributed by atoms with Crippen molar-refractivity contribution in [3.05, 3.63) is 0 Å². The van der Waals surface area contributed by atoms with Crippen LogP contribution >= 0.6 is 0 Å². The molecule has 1 saturated carbocycles. The van der Waals surface area contributed by atoms with E-state index in [1.165, 1.54) is 58.3 Å². The van der Waals surface area contributed by atoms with Gasteiger partial charge in [0.15, 0.2) is 0 Å². The van der Waals surface area contributed by atoms with Crippen LogP contribution in [0.5, 0.6) is 0 Å². The molecule has 1 unspecified atom stereocenters. The van der Waals surface area contributed by atoms with Crippen LogP contribution in [0.15, 0.2) is 0 Å². The summed E-state index contributed by atoms with van der Waals surface area (Å²) in [7, 11) is 4.44. The fourth-order valence-electron chi connectivity index (χ4n) is 3.79. The highest BCUT2D eigenvalue weighted by Gasteiger charge is 2.37. The Morgan fingerprint density at radius 3 is 2.47 bits per heavy atom. The summed E-state index contributed by atoms with van der Waals surface area (Å²) in [6.45, 7) is 9.63. The van der Waals surface area contributed by atoms with E-state index in [0.29, 0.717) is 11.5 Å². The van der Waals surface area contributed by atoms with Gasteiger partial charge in [0.25, 0.3) is 0 Å². The predicted molar refractivity (Wildman–Crippen MR) is 82.6 cm³/mol. The van der Waals surface area contributed by atoms with Gasteiger partial charge in [-0.2, -0.15) is 0 Å². The van der Waals surface area contributed by atoms with Crippen molar-refractivity contribution in [1.29, 1.82) is 0 Å². The highest BCUT2D eigenvalue weighted by Crippen LogP contribution is 2.39. The van der Waals surface area contributed by atoms with Crippen LogP contribution in [0.1, 0.15) is 46.0 Å². The number of likely N-dealkylation sites (N-methyl/N-ethyl adjacent to an activating group) is 1. The van der Waals surface area contributed by atoms with E-state index in [1.807, 2.05) is 0 Å². The zero-order valence-electron chi connectivity index (χ0n) is 13.4. The first-order valence-corrected chi connectivity index (χ1v) is 8.13. The molecule has 0 aromatic rings. The second-order valence-corrected chi connectivity index (χ2v) is 7.38. The van der Waals surface area contributed by atoms with Crippen LogP contribution in [0.4, 0.5) is 0 Å². The maximum absolute atomic E-state index is 3.70. The molecule has 19 heavy (non-hydrogen) atoms. The van der Waals surface area contributed by atoms with E-state index < -0.39 is 0 Å². The summed E-state index contributed by atoms with van der Waals surface area (Å²) in [4.78, 5) is 5.12. The van der Waals surface area contributed by atoms with Gasteiger partial charge in [0, 0.05) is 31.7 Å². The van der Waals surface area contributed by atoms with Crippen LogP contribution in [0, 0.1) is 5.41 Å². The van der Waals surface area contributed by atoms with Gasteiger partial charge in [-0.15, -0.1) is 0 Å². The molecule has 0 spiro atoms. The van der Waals surface area contributed by atoms with Crippen molar-refractivity contribution in [2.75, 3.05) is 40.3 Å². The van der Waals surface area contributed by atoms with Crippen molar-refractivity contribution in [1.82, 2.24) is 15.1 Å². The molecule has 0 amide bonds. The maximum atomic E-state index is 3.70. The lowest BCUT2D eigenvalue weighted by atomic mass is 9.85. The number of hydrogen-bond acceptors (Lipinski definition) is 3. The van der Waals surface area contributed by atoms with Gasteiger partial charge in [0.2, 0.25) is 0 Å². The molecule has 1 aliphatic carbocycles. The van der Waals surface area contributed by atoms with Crippen LogP contribution in [-0.4, -0.2) is 62.2 Å². The first-order chi connectivity index (χ1) is 9.01. The highest BCUT2D eigenvalue weighted by molar-refractivity contribution is 4.92. The Labute approximate surface area is 119 Å². The first kappa shape index (κ1) is 15.3. The van der Waals surface area contributed by atoms with Crippen LogP contribution in [-0.2, 0) is 0 Å². The van der Waals surface area contributed by atoms with Crippen molar-refractivity contribution >= 4 is 0 Å². The molecule has 0 aromatic carbocycles. The number of nitrogens with one attached hydrogen (secondary N) is 1. The lowest BCUT2D eigenvalue weighted by Crippen LogP contribution is -2.44. The molecule has 1 aliphatic heterocycles. The number of rotatable bonds is 6. The molecule has 0 bridgehead atoms. The van der Waals surface area contributed by atoms with E-state index in [0.717, 1.165) is 6.04 Å².